The van der Waals surface area contributed by atoms with Crippen LogP contribution in [-0.4, -0.2) is 24.7 Å². The van der Waals surface area contributed by atoms with Gasteiger partial charge in [0, 0.05) is 6.04 Å². The van der Waals surface area contributed by atoms with Crippen LogP contribution in [0.5, 0.6) is 0 Å². The van der Waals surface area contributed by atoms with E-state index in [0.717, 1.165) is 19.0 Å². The summed E-state index contributed by atoms with van der Waals surface area (Å²) in [5.74, 6) is 0. The molecule has 110 valence electrons. The van der Waals surface area contributed by atoms with Crippen molar-refractivity contribution in [3.8, 4) is 0 Å². The third kappa shape index (κ3) is 5.42. The summed E-state index contributed by atoms with van der Waals surface area (Å²) in [7, 11) is 0. The minimum atomic E-state index is 0.497. The summed E-state index contributed by atoms with van der Waals surface area (Å²) in [4.78, 5) is 4.85. The summed E-state index contributed by atoms with van der Waals surface area (Å²) < 4.78 is 5.84. The molecule has 0 aliphatic heterocycles. The van der Waals surface area contributed by atoms with Crippen LogP contribution in [0.1, 0.15) is 77.6 Å². The number of amidine groups is 1. The number of nitrogens with zero attached hydrogens (tertiary/aromatic N) is 1. The highest BCUT2D eigenvalue weighted by molar-refractivity contribution is 5.74. The lowest BCUT2D eigenvalue weighted by Crippen LogP contribution is -2.38. The molecule has 0 bridgehead atoms. The molecule has 2 aliphatic rings. The predicted octanol–water partition coefficient (Wildman–Crippen LogP) is 4.02. The Morgan fingerprint density at radius 1 is 1.00 bits per heavy atom. The number of nitrogens with one attached hydrogen (secondary N) is 1. The number of hydrogen-bond acceptors (Lipinski definition) is 2. The van der Waals surface area contributed by atoms with Crippen molar-refractivity contribution in [3.63, 3.8) is 0 Å². The molecule has 0 saturated heterocycles. The molecule has 3 nitrogen and oxygen atoms in total. The summed E-state index contributed by atoms with van der Waals surface area (Å²) in [6.45, 7) is 2.93. The van der Waals surface area contributed by atoms with Crippen LogP contribution in [0.2, 0.25) is 0 Å². The van der Waals surface area contributed by atoms with Crippen LogP contribution in [0.15, 0.2) is 4.99 Å². The Kier molecular flexibility index (Phi) is 6.52. The molecule has 19 heavy (non-hydrogen) atoms. The molecule has 0 aromatic rings. The van der Waals surface area contributed by atoms with E-state index in [-0.39, 0.29) is 0 Å². The zero-order chi connectivity index (χ0) is 13.3. The number of ether oxygens (including phenoxy) is 1. The van der Waals surface area contributed by atoms with Crippen molar-refractivity contribution in [2.75, 3.05) is 6.61 Å². The molecular weight excluding hydrogens is 236 g/mol. The highest BCUT2D eigenvalue weighted by Gasteiger charge is 2.18. The second kappa shape index (κ2) is 8.44. The first kappa shape index (κ1) is 14.7. The smallest absolute Gasteiger partial charge is 0.285 e. The van der Waals surface area contributed by atoms with Crippen LogP contribution in [0.25, 0.3) is 0 Å². The molecule has 0 aromatic carbocycles. The van der Waals surface area contributed by atoms with Gasteiger partial charge in [-0.3, -0.25) is 0 Å². The van der Waals surface area contributed by atoms with E-state index >= 15 is 0 Å². The minimum Gasteiger partial charge on any atom is -0.465 e. The average molecular weight is 266 g/mol. The third-order valence-electron chi connectivity index (χ3n) is 4.25. The zero-order valence-corrected chi connectivity index (χ0v) is 12.5. The largest absolute Gasteiger partial charge is 0.465 e. The Morgan fingerprint density at radius 2 is 1.63 bits per heavy atom. The molecular formula is C16H30N2O. The summed E-state index contributed by atoms with van der Waals surface area (Å²) >= 11 is 0. The lowest BCUT2D eigenvalue weighted by atomic mass is 9.95. The van der Waals surface area contributed by atoms with Gasteiger partial charge < -0.3 is 10.1 Å². The quantitative estimate of drug-likeness (QED) is 0.616. The van der Waals surface area contributed by atoms with Gasteiger partial charge in [0.1, 0.15) is 0 Å². The van der Waals surface area contributed by atoms with E-state index in [9.17, 15) is 0 Å². The van der Waals surface area contributed by atoms with Gasteiger partial charge in [0.05, 0.1) is 12.6 Å². The van der Waals surface area contributed by atoms with Crippen molar-refractivity contribution in [1.82, 2.24) is 5.32 Å². The summed E-state index contributed by atoms with van der Waals surface area (Å²) in [5, 5.41) is 3.57. The fourth-order valence-electron chi connectivity index (χ4n) is 3.11. The maximum Gasteiger partial charge on any atom is 0.285 e. The third-order valence-corrected chi connectivity index (χ3v) is 4.25. The SMILES string of the molecule is CCCOC(=NC1CCCCC1)NC1CCCCC1. The molecule has 2 fully saturated rings. The zero-order valence-electron chi connectivity index (χ0n) is 12.5. The second-order valence-corrected chi connectivity index (χ2v) is 6.05. The summed E-state index contributed by atoms with van der Waals surface area (Å²) in [5.41, 5.74) is 0. The van der Waals surface area contributed by atoms with Crippen molar-refractivity contribution in [2.45, 2.75) is 89.6 Å². The first-order chi connectivity index (χ1) is 9.38. The number of aliphatic imine (C=N–C) groups is 1. The molecule has 1 N–H and O–H groups in total. The first-order valence-corrected chi connectivity index (χ1v) is 8.35. The van der Waals surface area contributed by atoms with Gasteiger partial charge in [-0.05, 0) is 32.1 Å². The van der Waals surface area contributed by atoms with Crippen LogP contribution in [-0.2, 0) is 4.74 Å². The first-order valence-electron chi connectivity index (χ1n) is 8.35. The van der Waals surface area contributed by atoms with E-state index in [1.54, 1.807) is 0 Å². The van der Waals surface area contributed by atoms with E-state index in [1.165, 1.54) is 64.2 Å². The Balaban J connectivity index is 1.87. The van der Waals surface area contributed by atoms with Crippen molar-refractivity contribution >= 4 is 6.02 Å². The van der Waals surface area contributed by atoms with Gasteiger partial charge in [0.15, 0.2) is 0 Å². The second-order valence-electron chi connectivity index (χ2n) is 6.05. The molecule has 0 heterocycles. The van der Waals surface area contributed by atoms with Crippen LogP contribution in [0, 0.1) is 0 Å². The normalized spacial score (nSPS) is 23.3. The van der Waals surface area contributed by atoms with Gasteiger partial charge in [0.2, 0.25) is 0 Å². The highest BCUT2D eigenvalue weighted by atomic mass is 16.5. The molecule has 2 aliphatic carbocycles. The van der Waals surface area contributed by atoms with E-state index in [4.69, 9.17) is 9.73 Å². The van der Waals surface area contributed by atoms with Crippen molar-refractivity contribution in [1.29, 1.82) is 0 Å². The van der Waals surface area contributed by atoms with Gasteiger partial charge >= 0.3 is 0 Å². The fraction of sp³-hybridized carbons (Fsp3) is 0.938. The summed E-state index contributed by atoms with van der Waals surface area (Å²) in [6.07, 6.45) is 14.2. The Hall–Kier alpha value is -0.730. The Morgan fingerprint density at radius 3 is 2.26 bits per heavy atom. The topological polar surface area (TPSA) is 33.6 Å². The van der Waals surface area contributed by atoms with Crippen molar-refractivity contribution in [3.05, 3.63) is 0 Å². The predicted molar refractivity (Wildman–Crippen MR) is 80.6 cm³/mol. The van der Waals surface area contributed by atoms with E-state index in [1.807, 2.05) is 0 Å². The van der Waals surface area contributed by atoms with E-state index in [0.29, 0.717) is 12.1 Å². The lowest BCUT2D eigenvalue weighted by molar-refractivity contribution is 0.269. The molecule has 2 saturated carbocycles. The maximum absolute atomic E-state index is 5.84. The van der Waals surface area contributed by atoms with Crippen LogP contribution in [0.3, 0.4) is 0 Å². The molecule has 2 rings (SSSR count). The van der Waals surface area contributed by atoms with Gasteiger partial charge in [-0.25, -0.2) is 4.99 Å². The van der Waals surface area contributed by atoms with Crippen LogP contribution < -0.4 is 5.32 Å². The number of rotatable bonds is 4. The van der Waals surface area contributed by atoms with Crippen molar-refractivity contribution < 1.29 is 4.74 Å². The molecule has 0 unspecified atom stereocenters. The van der Waals surface area contributed by atoms with Gasteiger partial charge in [-0.2, -0.15) is 0 Å². The Labute approximate surface area is 118 Å². The standard InChI is InChI=1S/C16H30N2O/c1-2-13-19-16(17-14-9-5-3-6-10-14)18-15-11-7-4-8-12-15/h14-15H,2-13H2,1H3,(H,17,18). The highest BCUT2D eigenvalue weighted by Crippen LogP contribution is 2.21. The minimum absolute atomic E-state index is 0.497. The monoisotopic (exact) mass is 266 g/mol. The van der Waals surface area contributed by atoms with Crippen LogP contribution >= 0.6 is 0 Å². The Bertz CT molecular complexity index is 266. The van der Waals surface area contributed by atoms with Crippen molar-refractivity contribution in [2.24, 2.45) is 4.99 Å². The molecule has 0 atom stereocenters. The van der Waals surface area contributed by atoms with Gasteiger partial charge in [-0.1, -0.05) is 45.4 Å². The number of hydrogen-bond donors (Lipinski definition) is 1. The van der Waals surface area contributed by atoms with E-state index < -0.39 is 0 Å². The molecule has 0 aromatic heterocycles. The summed E-state index contributed by atoms with van der Waals surface area (Å²) in [6, 6.07) is 1.92. The maximum atomic E-state index is 5.84. The van der Waals surface area contributed by atoms with Gasteiger partial charge in [-0.15, -0.1) is 0 Å². The average Bonchev–Trinajstić information content (AvgIpc) is 2.47. The van der Waals surface area contributed by atoms with Gasteiger partial charge in [0.25, 0.3) is 6.02 Å². The lowest BCUT2D eigenvalue weighted by Gasteiger charge is -2.26. The molecule has 0 spiro atoms. The molecule has 0 amide bonds. The fourth-order valence-corrected chi connectivity index (χ4v) is 3.11. The van der Waals surface area contributed by atoms with E-state index in [2.05, 4.69) is 12.2 Å². The van der Waals surface area contributed by atoms with Crippen LogP contribution in [0.4, 0.5) is 0 Å². The molecule has 3 heteroatoms. The molecule has 0 radical (unpaired) electrons.